The van der Waals surface area contributed by atoms with E-state index in [1.165, 1.54) is 0 Å². The van der Waals surface area contributed by atoms with Gasteiger partial charge in [0.25, 0.3) is 0 Å². The van der Waals surface area contributed by atoms with E-state index in [1.807, 2.05) is 37.6 Å². The molecule has 0 radical (unpaired) electrons. The molecule has 1 aromatic carbocycles. The Balaban J connectivity index is 1.70. The number of piperidine rings is 1. The van der Waals surface area contributed by atoms with E-state index < -0.39 is 0 Å². The van der Waals surface area contributed by atoms with Crippen molar-refractivity contribution in [2.45, 2.75) is 25.5 Å². The van der Waals surface area contributed by atoms with Gasteiger partial charge in [-0.15, -0.1) is 0 Å². The monoisotopic (exact) mass is 311 g/mol. The predicted molar refractivity (Wildman–Crippen MR) is 89.1 cm³/mol. The zero-order valence-electron chi connectivity index (χ0n) is 13.2. The molecule has 2 N–H and O–H groups in total. The van der Waals surface area contributed by atoms with E-state index in [2.05, 4.69) is 21.4 Å². The first kappa shape index (κ1) is 15.4. The number of anilines is 2. The molecule has 0 bridgehead atoms. The molecule has 1 aliphatic rings. The average molecular weight is 311 g/mol. The second kappa shape index (κ2) is 6.71. The number of hydrogen-bond donors (Lipinski definition) is 2. The standard InChI is InChI=1S/C17H21N5O/c1-21-12-13(11-20-21)10-19-15-2-3-17(14(8-15)9-18)22-6-4-16(23)5-7-22/h2-3,8,11-12,16,19,23H,4-7,10H2,1H3. The number of aryl methyl sites for hydroxylation is 1. The third-order valence-corrected chi connectivity index (χ3v) is 4.18. The molecule has 0 atom stereocenters. The minimum absolute atomic E-state index is 0.211. The summed E-state index contributed by atoms with van der Waals surface area (Å²) < 4.78 is 1.77. The smallest absolute Gasteiger partial charge is 0.101 e. The van der Waals surface area contributed by atoms with Crippen LogP contribution >= 0.6 is 0 Å². The summed E-state index contributed by atoms with van der Waals surface area (Å²) >= 11 is 0. The summed E-state index contributed by atoms with van der Waals surface area (Å²) in [6.07, 6.45) is 5.09. The lowest BCUT2D eigenvalue weighted by Crippen LogP contribution is -2.36. The van der Waals surface area contributed by atoms with E-state index in [9.17, 15) is 10.4 Å². The van der Waals surface area contributed by atoms with Crippen LogP contribution in [0.3, 0.4) is 0 Å². The van der Waals surface area contributed by atoms with E-state index in [0.717, 1.165) is 42.9 Å². The Morgan fingerprint density at radius 1 is 1.39 bits per heavy atom. The number of aliphatic hydroxyl groups is 1. The van der Waals surface area contributed by atoms with Gasteiger partial charge in [-0.2, -0.15) is 10.4 Å². The van der Waals surface area contributed by atoms with Crippen molar-refractivity contribution in [3.05, 3.63) is 41.7 Å². The van der Waals surface area contributed by atoms with Crippen LogP contribution in [0.25, 0.3) is 0 Å². The Kier molecular flexibility index (Phi) is 4.49. The molecule has 0 aliphatic carbocycles. The van der Waals surface area contributed by atoms with Crippen molar-refractivity contribution < 1.29 is 5.11 Å². The van der Waals surface area contributed by atoms with Crippen molar-refractivity contribution in [2.24, 2.45) is 7.05 Å². The van der Waals surface area contributed by atoms with Crippen molar-refractivity contribution in [2.75, 3.05) is 23.3 Å². The third kappa shape index (κ3) is 3.63. The number of nitrogens with zero attached hydrogens (tertiary/aromatic N) is 4. The number of nitrogens with one attached hydrogen (secondary N) is 1. The van der Waals surface area contributed by atoms with Crippen molar-refractivity contribution >= 4 is 11.4 Å². The van der Waals surface area contributed by atoms with Crippen molar-refractivity contribution in [3.63, 3.8) is 0 Å². The van der Waals surface area contributed by atoms with Crippen LogP contribution in [0.15, 0.2) is 30.6 Å². The molecule has 1 aromatic heterocycles. The zero-order valence-corrected chi connectivity index (χ0v) is 13.2. The van der Waals surface area contributed by atoms with Crippen molar-refractivity contribution in [1.29, 1.82) is 5.26 Å². The predicted octanol–water partition coefficient (Wildman–Crippen LogP) is 1.86. The lowest BCUT2D eigenvalue weighted by atomic mass is 10.0. The highest BCUT2D eigenvalue weighted by Gasteiger charge is 2.19. The van der Waals surface area contributed by atoms with Gasteiger partial charge in [-0.25, -0.2) is 0 Å². The maximum absolute atomic E-state index is 9.62. The highest BCUT2D eigenvalue weighted by molar-refractivity contribution is 5.65. The Hall–Kier alpha value is -2.52. The molecule has 1 aliphatic heterocycles. The molecule has 6 heteroatoms. The van der Waals surface area contributed by atoms with Crippen LogP contribution in [0.4, 0.5) is 11.4 Å². The van der Waals surface area contributed by atoms with E-state index in [0.29, 0.717) is 12.1 Å². The Morgan fingerprint density at radius 2 is 2.17 bits per heavy atom. The summed E-state index contributed by atoms with van der Waals surface area (Å²) in [5.41, 5.74) is 3.63. The molecule has 3 rings (SSSR count). The number of aliphatic hydroxyl groups excluding tert-OH is 1. The number of hydrogen-bond acceptors (Lipinski definition) is 5. The third-order valence-electron chi connectivity index (χ3n) is 4.18. The zero-order chi connectivity index (χ0) is 16.2. The highest BCUT2D eigenvalue weighted by Crippen LogP contribution is 2.26. The normalized spacial score (nSPS) is 15.4. The van der Waals surface area contributed by atoms with E-state index in [1.54, 1.807) is 4.68 Å². The first-order valence-electron chi connectivity index (χ1n) is 7.84. The van der Waals surface area contributed by atoms with Crippen LogP contribution in [0, 0.1) is 11.3 Å². The fraction of sp³-hybridized carbons (Fsp3) is 0.412. The molecule has 0 amide bonds. The van der Waals surface area contributed by atoms with Gasteiger partial charge < -0.3 is 15.3 Å². The summed E-state index contributed by atoms with van der Waals surface area (Å²) in [5, 5.41) is 26.5. The molecule has 2 aromatic rings. The average Bonchev–Trinajstić information content (AvgIpc) is 2.99. The van der Waals surface area contributed by atoms with Gasteiger partial charge in [0, 0.05) is 44.1 Å². The molecule has 2 heterocycles. The molecule has 0 saturated carbocycles. The van der Waals surface area contributed by atoms with E-state index >= 15 is 0 Å². The van der Waals surface area contributed by atoms with Crippen LogP contribution in [-0.2, 0) is 13.6 Å². The minimum atomic E-state index is -0.211. The number of nitriles is 1. The van der Waals surface area contributed by atoms with E-state index in [-0.39, 0.29) is 6.10 Å². The fourth-order valence-electron chi connectivity index (χ4n) is 2.89. The molecular weight excluding hydrogens is 290 g/mol. The number of benzene rings is 1. The van der Waals surface area contributed by atoms with Gasteiger partial charge in [-0.3, -0.25) is 4.68 Å². The molecular formula is C17H21N5O. The van der Waals surface area contributed by atoms with Crippen molar-refractivity contribution in [3.8, 4) is 6.07 Å². The topological polar surface area (TPSA) is 77.1 Å². The highest BCUT2D eigenvalue weighted by atomic mass is 16.3. The maximum Gasteiger partial charge on any atom is 0.101 e. The molecule has 23 heavy (non-hydrogen) atoms. The molecule has 120 valence electrons. The van der Waals surface area contributed by atoms with Gasteiger partial charge in [0.15, 0.2) is 0 Å². The van der Waals surface area contributed by atoms with Gasteiger partial charge >= 0.3 is 0 Å². The Bertz CT molecular complexity index is 710. The Morgan fingerprint density at radius 3 is 2.83 bits per heavy atom. The van der Waals surface area contributed by atoms with Crippen LogP contribution < -0.4 is 10.2 Å². The SMILES string of the molecule is Cn1cc(CNc2ccc(N3CCC(O)CC3)c(C#N)c2)cn1. The second-order valence-electron chi connectivity index (χ2n) is 5.94. The van der Waals surface area contributed by atoms with Crippen LogP contribution in [0.5, 0.6) is 0 Å². The molecule has 0 spiro atoms. The van der Waals surface area contributed by atoms with Crippen LogP contribution in [0.2, 0.25) is 0 Å². The molecule has 0 unspecified atom stereocenters. The quantitative estimate of drug-likeness (QED) is 0.901. The fourth-order valence-corrected chi connectivity index (χ4v) is 2.89. The van der Waals surface area contributed by atoms with Gasteiger partial charge in [-0.1, -0.05) is 0 Å². The molecule has 6 nitrogen and oxygen atoms in total. The first-order valence-corrected chi connectivity index (χ1v) is 7.84. The maximum atomic E-state index is 9.62. The van der Waals surface area contributed by atoms with Gasteiger partial charge in [-0.05, 0) is 31.0 Å². The van der Waals surface area contributed by atoms with E-state index in [4.69, 9.17) is 0 Å². The molecule has 1 fully saturated rings. The summed E-state index contributed by atoms with van der Waals surface area (Å²) in [6, 6.07) is 8.16. The first-order chi connectivity index (χ1) is 11.2. The van der Waals surface area contributed by atoms with Crippen LogP contribution in [0.1, 0.15) is 24.0 Å². The number of aromatic nitrogens is 2. The molecule has 1 saturated heterocycles. The lowest BCUT2D eigenvalue weighted by Gasteiger charge is -2.32. The van der Waals surface area contributed by atoms with Crippen molar-refractivity contribution in [1.82, 2.24) is 9.78 Å². The number of rotatable bonds is 4. The summed E-state index contributed by atoms with van der Waals surface area (Å²) in [4.78, 5) is 2.18. The minimum Gasteiger partial charge on any atom is -0.393 e. The summed E-state index contributed by atoms with van der Waals surface area (Å²) in [5.74, 6) is 0. The van der Waals surface area contributed by atoms with Gasteiger partial charge in [0.1, 0.15) is 6.07 Å². The second-order valence-corrected chi connectivity index (χ2v) is 5.94. The Labute approximate surface area is 136 Å². The lowest BCUT2D eigenvalue weighted by molar-refractivity contribution is 0.145. The van der Waals surface area contributed by atoms with Gasteiger partial charge in [0.05, 0.1) is 23.6 Å². The van der Waals surface area contributed by atoms with Gasteiger partial charge in [0.2, 0.25) is 0 Å². The largest absolute Gasteiger partial charge is 0.393 e. The summed E-state index contributed by atoms with van der Waals surface area (Å²) in [7, 11) is 1.89. The summed E-state index contributed by atoms with van der Waals surface area (Å²) in [6.45, 7) is 2.25. The van der Waals surface area contributed by atoms with Crippen LogP contribution in [-0.4, -0.2) is 34.1 Å².